The first-order valence-electron chi connectivity index (χ1n) is 5.28. The molecule has 2 aromatic heterocycles. The maximum atomic E-state index is 9.17. The van der Waals surface area contributed by atoms with Crippen molar-refractivity contribution in [3.05, 3.63) is 46.2 Å². The summed E-state index contributed by atoms with van der Waals surface area (Å²) in [5.74, 6) is 0. The molecule has 0 saturated heterocycles. The third-order valence-electron chi connectivity index (χ3n) is 2.32. The Morgan fingerprint density at radius 3 is 2.72 bits per heavy atom. The normalized spacial score (nSPS) is 10.1. The van der Waals surface area contributed by atoms with Gasteiger partial charge in [-0.1, -0.05) is 11.6 Å². The van der Waals surface area contributed by atoms with Gasteiger partial charge < -0.3 is 0 Å². The lowest BCUT2D eigenvalue weighted by Gasteiger charge is -2.06. The first kappa shape index (κ1) is 12.9. The van der Waals surface area contributed by atoms with Crippen LogP contribution in [-0.4, -0.2) is 9.97 Å². The summed E-state index contributed by atoms with van der Waals surface area (Å²) < 4.78 is 0. The van der Waals surface area contributed by atoms with Crippen molar-refractivity contribution in [3.8, 4) is 6.07 Å². The van der Waals surface area contributed by atoms with E-state index in [1.807, 2.05) is 26.0 Å². The van der Waals surface area contributed by atoms with Crippen molar-refractivity contribution in [1.82, 2.24) is 9.97 Å². The van der Waals surface area contributed by atoms with E-state index in [0.29, 0.717) is 15.6 Å². The second-order valence-corrected chi connectivity index (χ2v) is 5.23. The van der Waals surface area contributed by atoms with Gasteiger partial charge in [-0.2, -0.15) is 5.26 Å². The molecule has 3 nitrogen and oxygen atoms in total. The van der Waals surface area contributed by atoms with Crippen LogP contribution in [0.15, 0.2) is 34.4 Å². The Bertz CT molecular complexity index is 617. The molecule has 90 valence electrons. The molecule has 0 radical (unpaired) electrons. The van der Waals surface area contributed by atoms with Crippen molar-refractivity contribution < 1.29 is 0 Å². The lowest BCUT2D eigenvalue weighted by Crippen LogP contribution is -1.94. The van der Waals surface area contributed by atoms with E-state index in [1.54, 1.807) is 12.3 Å². The van der Waals surface area contributed by atoms with Crippen LogP contribution in [0.4, 0.5) is 0 Å². The van der Waals surface area contributed by atoms with E-state index in [4.69, 9.17) is 16.9 Å². The first-order valence-corrected chi connectivity index (χ1v) is 6.47. The van der Waals surface area contributed by atoms with Crippen molar-refractivity contribution >= 4 is 23.4 Å². The number of hydrogen-bond donors (Lipinski definition) is 0. The maximum absolute atomic E-state index is 9.17. The highest BCUT2D eigenvalue weighted by Crippen LogP contribution is 2.29. The molecule has 0 aliphatic heterocycles. The van der Waals surface area contributed by atoms with Crippen molar-refractivity contribution in [1.29, 1.82) is 5.26 Å². The van der Waals surface area contributed by atoms with Crippen molar-refractivity contribution in [3.63, 3.8) is 0 Å². The second-order valence-electron chi connectivity index (χ2n) is 3.79. The quantitative estimate of drug-likeness (QED) is 0.837. The molecule has 0 bridgehead atoms. The summed E-state index contributed by atoms with van der Waals surface area (Å²) in [4.78, 5) is 8.58. The zero-order chi connectivity index (χ0) is 13.1. The van der Waals surface area contributed by atoms with E-state index in [1.165, 1.54) is 11.8 Å². The molecule has 2 aromatic rings. The van der Waals surface area contributed by atoms with Crippen LogP contribution >= 0.6 is 23.4 Å². The minimum absolute atomic E-state index is 0.591. The molecule has 0 saturated carbocycles. The average molecular weight is 276 g/mol. The van der Waals surface area contributed by atoms with E-state index < -0.39 is 0 Å². The van der Waals surface area contributed by atoms with Crippen molar-refractivity contribution in [2.45, 2.75) is 23.9 Å². The van der Waals surface area contributed by atoms with Crippen LogP contribution in [-0.2, 0) is 0 Å². The molecule has 0 fully saturated rings. The number of nitriles is 1. The number of aryl methyl sites for hydroxylation is 2. The van der Waals surface area contributed by atoms with Gasteiger partial charge in [0, 0.05) is 11.9 Å². The molecule has 0 spiro atoms. The Labute approximate surface area is 115 Å². The zero-order valence-electron chi connectivity index (χ0n) is 9.94. The van der Waals surface area contributed by atoms with Crippen molar-refractivity contribution in [2.75, 3.05) is 0 Å². The van der Waals surface area contributed by atoms with Crippen LogP contribution in [0, 0.1) is 25.2 Å². The Kier molecular flexibility index (Phi) is 3.85. The summed E-state index contributed by atoms with van der Waals surface area (Å²) in [6.07, 6.45) is 1.58. The van der Waals surface area contributed by atoms with Gasteiger partial charge in [-0.05, 0) is 49.4 Å². The largest absolute Gasteiger partial charge is 0.248 e. The standard InChI is InChI=1S/C13H10ClN3S/c1-8-5-9(2)17-13(11(8)6-15)18-12-4-3-10(14)7-16-12/h3-5,7H,1-2H3. The molecule has 18 heavy (non-hydrogen) atoms. The lowest BCUT2D eigenvalue weighted by molar-refractivity contribution is 1.02. The maximum Gasteiger partial charge on any atom is 0.121 e. The Hall–Kier alpha value is -1.57. The van der Waals surface area contributed by atoms with E-state index in [-0.39, 0.29) is 0 Å². The Morgan fingerprint density at radius 2 is 2.11 bits per heavy atom. The molecule has 0 aromatic carbocycles. The van der Waals surface area contributed by atoms with E-state index in [9.17, 15) is 0 Å². The molecular weight excluding hydrogens is 266 g/mol. The minimum Gasteiger partial charge on any atom is -0.248 e. The van der Waals surface area contributed by atoms with Gasteiger partial charge in [0.1, 0.15) is 16.1 Å². The molecule has 0 amide bonds. The Morgan fingerprint density at radius 1 is 1.33 bits per heavy atom. The van der Waals surface area contributed by atoms with Gasteiger partial charge in [-0.3, -0.25) is 0 Å². The van der Waals surface area contributed by atoms with Crippen LogP contribution in [0.1, 0.15) is 16.8 Å². The highest BCUT2D eigenvalue weighted by molar-refractivity contribution is 7.99. The van der Waals surface area contributed by atoms with Gasteiger partial charge in [0.2, 0.25) is 0 Å². The number of rotatable bonds is 2. The fourth-order valence-corrected chi connectivity index (χ4v) is 2.58. The SMILES string of the molecule is Cc1cc(C)c(C#N)c(Sc2ccc(Cl)cn2)n1. The average Bonchev–Trinajstić information content (AvgIpc) is 2.32. The van der Waals surface area contributed by atoms with Crippen LogP contribution in [0.3, 0.4) is 0 Å². The zero-order valence-corrected chi connectivity index (χ0v) is 11.5. The molecule has 0 aliphatic carbocycles. The number of aromatic nitrogens is 2. The molecule has 0 N–H and O–H groups in total. The molecule has 2 rings (SSSR count). The Balaban J connectivity index is 2.40. The van der Waals surface area contributed by atoms with E-state index in [0.717, 1.165) is 16.3 Å². The summed E-state index contributed by atoms with van der Waals surface area (Å²) in [6.45, 7) is 3.82. The van der Waals surface area contributed by atoms with Crippen LogP contribution in [0.5, 0.6) is 0 Å². The predicted octanol–water partition coefficient (Wildman–Crippen LogP) is 3.77. The molecule has 2 heterocycles. The summed E-state index contributed by atoms with van der Waals surface area (Å²) in [5, 5.41) is 11.2. The summed E-state index contributed by atoms with van der Waals surface area (Å²) in [5.41, 5.74) is 2.42. The number of nitrogens with zero attached hydrogens (tertiary/aromatic N) is 3. The van der Waals surface area contributed by atoms with Gasteiger partial charge in [0.25, 0.3) is 0 Å². The van der Waals surface area contributed by atoms with Gasteiger partial charge in [-0.25, -0.2) is 9.97 Å². The van der Waals surface area contributed by atoms with Gasteiger partial charge in [0.15, 0.2) is 0 Å². The van der Waals surface area contributed by atoms with E-state index >= 15 is 0 Å². The van der Waals surface area contributed by atoms with Crippen molar-refractivity contribution in [2.24, 2.45) is 0 Å². The minimum atomic E-state index is 0.591. The lowest BCUT2D eigenvalue weighted by atomic mass is 10.1. The van der Waals surface area contributed by atoms with Gasteiger partial charge in [0.05, 0.1) is 10.6 Å². The molecular formula is C13H10ClN3S. The molecule has 0 aliphatic rings. The van der Waals surface area contributed by atoms with Gasteiger partial charge in [-0.15, -0.1) is 0 Å². The summed E-state index contributed by atoms with van der Waals surface area (Å²) in [6, 6.07) is 7.67. The third kappa shape index (κ3) is 2.81. The highest BCUT2D eigenvalue weighted by atomic mass is 35.5. The third-order valence-corrected chi connectivity index (χ3v) is 3.49. The highest BCUT2D eigenvalue weighted by Gasteiger charge is 2.10. The van der Waals surface area contributed by atoms with Crippen LogP contribution < -0.4 is 0 Å². The van der Waals surface area contributed by atoms with Crippen LogP contribution in [0.2, 0.25) is 5.02 Å². The molecule has 0 unspecified atom stereocenters. The van der Waals surface area contributed by atoms with Crippen LogP contribution in [0.25, 0.3) is 0 Å². The number of halogens is 1. The van der Waals surface area contributed by atoms with E-state index in [2.05, 4.69) is 16.0 Å². The molecule has 5 heteroatoms. The molecule has 0 atom stereocenters. The predicted molar refractivity (Wildman–Crippen MR) is 71.8 cm³/mol. The number of hydrogen-bond acceptors (Lipinski definition) is 4. The number of pyridine rings is 2. The topological polar surface area (TPSA) is 49.6 Å². The fraction of sp³-hybridized carbons (Fsp3) is 0.154. The first-order chi connectivity index (χ1) is 8.60. The monoisotopic (exact) mass is 275 g/mol. The summed E-state index contributed by atoms with van der Waals surface area (Å²) in [7, 11) is 0. The smallest absolute Gasteiger partial charge is 0.121 e. The van der Waals surface area contributed by atoms with Gasteiger partial charge >= 0.3 is 0 Å². The second kappa shape index (κ2) is 5.38. The fourth-order valence-electron chi connectivity index (χ4n) is 1.53. The summed E-state index contributed by atoms with van der Waals surface area (Å²) >= 11 is 7.16.